The van der Waals surface area contributed by atoms with Gasteiger partial charge in [0.25, 0.3) is 0 Å². The molecular formula is C17H26O3. The average Bonchev–Trinajstić information content (AvgIpc) is 2.61. The molecule has 3 aliphatic rings. The zero-order valence-electron chi connectivity index (χ0n) is 13.1. The molecule has 1 N–H and O–H groups in total. The maximum atomic E-state index is 12.9. The van der Waals surface area contributed by atoms with Gasteiger partial charge in [0.2, 0.25) is 0 Å². The van der Waals surface area contributed by atoms with Crippen molar-refractivity contribution in [2.75, 3.05) is 13.2 Å². The van der Waals surface area contributed by atoms with Crippen LogP contribution in [-0.4, -0.2) is 29.7 Å². The van der Waals surface area contributed by atoms with Gasteiger partial charge in [0, 0.05) is 18.1 Å². The molecule has 112 valence electrons. The topological polar surface area (TPSA) is 46.5 Å². The lowest BCUT2D eigenvalue weighted by Crippen LogP contribution is -2.57. The summed E-state index contributed by atoms with van der Waals surface area (Å²) in [7, 11) is 0. The van der Waals surface area contributed by atoms with Crippen molar-refractivity contribution >= 4 is 5.78 Å². The molecule has 0 heterocycles. The van der Waals surface area contributed by atoms with E-state index in [1.54, 1.807) is 0 Å². The summed E-state index contributed by atoms with van der Waals surface area (Å²) >= 11 is 0. The van der Waals surface area contributed by atoms with Crippen molar-refractivity contribution in [2.24, 2.45) is 16.7 Å². The van der Waals surface area contributed by atoms with Crippen LogP contribution in [0.4, 0.5) is 0 Å². The predicted molar refractivity (Wildman–Crippen MR) is 77.3 cm³/mol. The van der Waals surface area contributed by atoms with Crippen LogP contribution in [0.2, 0.25) is 0 Å². The molecule has 0 amide bonds. The van der Waals surface area contributed by atoms with Gasteiger partial charge in [-0.3, -0.25) is 4.79 Å². The van der Waals surface area contributed by atoms with Crippen molar-refractivity contribution in [3.8, 4) is 0 Å². The van der Waals surface area contributed by atoms with Crippen molar-refractivity contribution in [3.63, 3.8) is 0 Å². The second kappa shape index (κ2) is 4.17. The van der Waals surface area contributed by atoms with Gasteiger partial charge in [-0.25, -0.2) is 0 Å². The number of ketones is 1. The van der Waals surface area contributed by atoms with E-state index in [1.165, 1.54) is 5.57 Å². The third-order valence-corrected chi connectivity index (χ3v) is 5.92. The molecule has 0 unspecified atom stereocenters. The molecule has 0 aromatic rings. The summed E-state index contributed by atoms with van der Waals surface area (Å²) < 4.78 is 5.50. The Hall–Kier alpha value is -0.670. The van der Waals surface area contributed by atoms with Crippen LogP contribution < -0.4 is 0 Å². The Morgan fingerprint density at radius 2 is 2.05 bits per heavy atom. The minimum Gasteiger partial charge on any atom is -0.381 e. The lowest BCUT2D eigenvalue weighted by molar-refractivity contribution is -0.148. The SMILES string of the molecule is CCOCC1=C2CC[C@]2(C)[C@H]2CC(C)(C)C[C@@]2(O)C1=O. The molecule has 0 aromatic heterocycles. The van der Waals surface area contributed by atoms with Gasteiger partial charge in [-0.15, -0.1) is 0 Å². The first-order chi connectivity index (χ1) is 9.24. The maximum absolute atomic E-state index is 12.9. The van der Waals surface area contributed by atoms with Crippen LogP contribution in [0.3, 0.4) is 0 Å². The van der Waals surface area contributed by atoms with Gasteiger partial charge in [-0.1, -0.05) is 26.3 Å². The Kier molecular flexibility index (Phi) is 2.98. The van der Waals surface area contributed by atoms with E-state index in [9.17, 15) is 9.90 Å². The van der Waals surface area contributed by atoms with Gasteiger partial charge in [-0.2, -0.15) is 0 Å². The molecule has 3 atom stereocenters. The Labute approximate surface area is 121 Å². The van der Waals surface area contributed by atoms with E-state index in [-0.39, 0.29) is 22.5 Å². The summed E-state index contributed by atoms with van der Waals surface area (Å²) in [6.45, 7) is 9.49. The van der Waals surface area contributed by atoms with E-state index in [2.05, 4.69) is 20.8 Å². The number of aliphatic hydroxyl groups is 1. The molecule has 0 radical (unpaired) electrons. The summed E-state index contributed by atoms with van der Waals surface area (Å²) in [4.78, 5) is 12.9. The standard InChI is InChI=1S/C17H26O3/c1-5-20-9-11-12-6-7-16(12,4)13-8-15(2,3)10-17(13,19)14(11)18/h13,19H,5-10H2,1-4H3/t13-,16+,17+/m1/s1. The zero-order valence-corrected chi connectivity index (χ0v) is 13.1. The van der Waals surface area contributed by atoms with E-state index >= 15 is 0 Å². The highest BCUT2D eigenvalue weighted by Crippen LogP contribution is 2.66. The van der Waals surface area contributed by atoms with E-state index in [4.69, 9.17) is 4.74 Å². The number of hydrogen-bond donors (Lipinski definition) is 1. The molecule has 0 aromatic carbocycles. The molecule has 3 heteroatoms. The number of Topliss-reactive ketones (excluding diaryl/α,β-unsaturated/α-hetero) is 1. The van der Waals surface area contributed by atoms with Crippen LogP contribution >= 0.6 is 0 Å². The molecule has 2 fully saturated rings. The fraction of sp³-hybridized carbons (Fsp3) is 0.824. The van der Waals surface area contributed by atoms with Gasteiger partial charge < -0.3 is 9.84 Å². The Morgan fingerprint density at radius 1 is 1.35 bits per heavy atom. The summed E-state index contributed by atoms with van der Waals surface area (Å²) in [5, 5.41) is 11.1. The van der Waals surface area contributed by atoms with Crippen LogP contribution in [0, 0.1) is 16.7 Å². The fourth-order valence-corrected chi connectivity index (χ4v) is 4.92. The van der Waals surface area contributed by atoms with Crippen LogP contribution in [0.25, 0.3) is 0 Å². The minimum atomic E-state index is -1.16. The minimum absolute atomic E-state index is 0.0167. The summed E-state index contributed by atoms with van der Waals surface area (Å²) in [5.41, 5.74) is 0.942. The number of ether oxygens (including phenoxy) is 1. The molecular weight excluding hydrogens is 252 g/mol. The first-order valence-corrected chi connectivity index (χ1v) is 7.82. The molecule has 20 heavy (non-hydrogen) atoms. The lowest BCUT2D eigenvalue weighted by atomic mass is 9.50. The van der Waals surface area contributed by atoms with Crippen molar-refractivity contribution in [3.05, 3.63) is 11.1 Å². The van der Waals surface area contributed by atoms with Gasteiger partial charge in [0.15, 0.2) is 5.78 Å². The maximum Gasteiger partial charge on any atom is 0.192 e. The van der Waals surface area contributed by atoms with E-state index < -0.39 is 5.60 Å². The zero-order chi connectivity index (χ0) is 14.8. The fourth-order valence-electron chi connectivity index (χ4n) is 4.92. The molecule has 2 saturated carbocycles. The number of rotatable bonds is 3. The van der Waals surface area contributed by atoms with E-state index in [1.807, 2.05) is 6.92 Å². The quantitative estimate of drug-likeness (QED) is 0.863. The summed E-state index contributed by atoms with van der Waals surface area (Å²) in [6.07, 6.45) is 3.62. The van der Waals surface area contributed by atoms with E-state index in [0.717, 1.165) is 24.8 Å². The lowest BCUT2D eigenvalue weighted by Gasteiger charge is -2.55. The summed E-state index contributed by atoms with van der Waals surface area (Å²) in [5.74, 6) is 0.0420. The molecule has 3 nitrogen and oxygen atoms in total. The Bertz CT molecular complexity index is 490. The van der Waals surface area contributed by atoms with Crippen molar-refractivity contribution in [1.29, 1.82) is 0 Å². The Balaban J connectivity index is 2.04. The second-order valence-electron chi connectivity index (χ2n) is 7.86. The van der Waals surface area contributed by atoms with Crippen LogP contribution in [0.15, 0.2) is 11.1 Å². The average molecular weight is 278 g/mol. The number of carbonyl (C=O) groups excluding carboxylic acids is 1. The second-order valence-corrected chi connectivity index (χ2v) is 7.86. The highest BCUT2D eigenvalue weighted by atomic mass is 16.5. The molecule has 0 saturated heterocycles. The van der Waals surface area contributed by atoms with Crippen molar-refractivity contribution in [1.82, 2.24) is 0 Å². The molecule has 3 aliphatic carbocycles. The van der Waals surface area contributed by atoms with Crippen LogP contribution in [0.5, 0.6) is 0 Å². The van der Waals surface area contributed by atoms with E-state index in [0.29, 0.717) is 19.6 Å². The largest absolute Gasteiger partial charge is 0.381 e. The molecule has 0 spiro atoms. The molecule has 0 bridgehead atoms. The van der Waals surface area contributed by atoms with Gasteiger partial charge in [-0.05, 0) is 43.4 Å². The highest BCUT2D eigenvalue weighted by molar-refractivity contribution is 6.05. The molecule has 3 rings (SSSR count). The number of hydrogen-bond acceptors (Lipinski definition) is 3. The Morgan fingerprint density at radius 3 is 2.60 bits per heavy atom. The number of allylic oxidation sites excluding steroid dienone is 1. The smallest absolute Gasteiger partial charge is 0.192 e. The monoisotopic (exact) mass is 278 g/mol. The van der Waals surface area contributed by atoms with Gasteiger partial charge in [0.05, 0.1) is 6.61 Å². The number of carbonyl (C=O) groups is 1. The third kappa shape index (κ3) is 1.69. The normalized spacial score (nSPS) is 42.2. The van der Waals surface area contributed by atoms with Crippen molar-refractivity contribution in [2.45, 2.75) is 59.0 Å². The molecule has 0 aliphatic heterocycles. The van der Waals surface area contributed by atoms with Gasteiger partial charge >= 0.3 is 0 Å². The van der Waals surface area contributed by atoms with Crippen molar-refractivity contribution < 1.29 is 14.6 Å². The summed E-state index contributed by atoms with van der Waals surface area (Å²) in [6, 6.07) is 0. The highest BCUT2D eigenvalue weighted by Gasteiger charge is 2.66. The third-order valence-electron chi connectivity index (χ3n) is 5.92. The van der Waals surface area contributed by atoms with Crippen LogP contribution in [-0.2, 0) is 9.53 Å². The van der Waals surface area contributed by atoms with Crippen LogP contribution in [0.1, 0.15) is 53.4 Å². The predicted octanol–water partition coefficient (Wildman–Crippen LogP) is 2.87. The van der Waals surface area contributed by atoms with Gasteiger partial charge in [0.1, 0.15) is 5.60 Å². The number of fused-ring (bicyclic) bond motifs is 3. The first kappa shape index (κ1) is 14.3. The first-order valence-electron chi connectivity index (χ1n) is 7.82.